The van der Waals surface area contributed by atoms with E-state index in [-0.39, 0.29) is 0 Å². The lowest BCUT2D eigenvalue weighted by Gasteiger charge is -2.20. The van der Waals surface area contributed by atoms with Gasteiger partial charge in [0.25, 0.3) is 0 Å². The van der Waals surface area contributed by atoms with Gasteiger partial charge in [-0.15, -0.1) is 5.10 Å². The summed E-state index contributed by atoms with van der Waals surface area (Å²) >= 11 is 9.65. The van der Waals surface area contributed by atoms with Crippen LogP contribution in [0.15, 0.2) is 32.9 Å². The van der Waals surface area contributed by atoms with Crippen molar-refractivity contribution in [3.05, 3.63) is 33.3 Å². The summed E-state index contributed by atoms with van der Waals surface area (Å²) in [6.07, 6.45) is 1.72. The van der Waals surface area contributed by atoms with Crippen molar-refractivity contribution in [1.82, 2.24) is 0 Å². The molecule has 0 amide bonds. The Hall–Kier alpha value is -0.870. The summed E-state index contributed by atoms with van der Waals surface area (Å²) in [7, 11) is 0. The Morgan fingerprint density at radius 2 is 2.24 bits per heavy atom. The van der Waals surface area contributed by atoms with Gasteiger partial charge < -0.3 is 5.73 Å². The molecule has 0 spiro atoms. The van der Waals surface area contributed by atoms with E-state index in [2.05, 4.69) is 33.1 Å². The van der Waals surface area contributed by atoms with Crippen LogP contribution in [0.3, 0.4) is 0 Å². The van der Waals surface area contributed by atoms with E-state index < -0.39 is 0 Å². The van der Waals surface area contributed by atoms with E-state index in [1.807, 2.05) is 18.2 Å². The van der Waals surface area contributed by atoms with Gasteiger partial charge in [0.2, 0.25) is 0 Å². The zero-order chi connectivity index (χ0) is 12.4. The van der Waals surface area contributed by atoms with Crippen molar-refractivity contribution in [1.29, 1.82) is 0 Å². The first-order chi connectivity index (χ1) is 8.11. The molecule has 5 heteroatoms. The van der Waals surface area contributed by atoms with Gasteiger partial charge in [0.05, 0.1) is 5.71 Å². The van der Waals surface area contributed by atoms with Crippen LogP contribution in [0.1, 0.15) is 25.3 Å². The highest BCUT2D eigenvalue weighted by molar-refractivity contribution is 9.10. The highest BCUT2D eigenvalue weighted by atomic mass is 79.9. The standard InChI is InChI=1S/C12H13BrClN3/c1-2-7-5-11(15)16-17-12(7)9-6-8(13)3-4-10(9)14/h3-4,6-7H,2,5H2,1H3,(H2,15,16). The summed E-state index contributed by atoms with van der Waals surface area (Å²) < 4.78 is 0.983. The van der Waals surface area contributed by atoms with E-state index in [9.17, 15) is 0 Å². The van der Waals surface area contributed by atoms with Gasteiger partial charge in [-0.25, -0.2) is 0 Å². The lowest BCUT2D eigenvalue weighted by atomic mass is 9.90. The average molecular weight is 315 g/mol. The normalized spacial score (nSPS) is 19.8. The van der Waals surface area contributed by atoms with Crippen LogP contribution < -0.4 is 5.73 Å². The first-order valence-corrected chi connectivity index (χ1v) is 6.64. The third-order valence-electron chi connectivity index (χ3n) is 2.83. The Bertz CT molecular complexity index is 497. The average Bonchev–Trinajstić information content (AvgIpc) is 2.32. The van der Waals surface area contributed by atoms with E-state index >= 15 is 0 Å². The maximum atomic E-state index is 6.21. The summed E-state index contributed by atoms with van der Waals surface area (Å²) in [6.45, 7) is 2.12. The number of hydrogen-bond donors (Lipinski definition) is 1. The topological polar surface area (TPSA) is 50.7 Å². The van der Waals surface area contributed by atoms with Crippen LogP contribution in [0.4, 0.5) is 0 Å². The third-order valence-corrected chi connectivity index (χ3v) is 3.65. The monoisotopic (exact) mass is 313 g/mol. The van der Waals surface area contributed by atoms with Crippen LogP contribution in [-0.2, 0) is 0 Å². The molecule has 1 heterocycles. The molecular weight excluding hydrogens is 302 g/mol. The fourth-order valence-corrected chi connectivity index (χ4v) is 2.47. The van der Waals surface area contributed by atoms with E-state index in [0.717, 1.165) is 28.6 Å². The summed E-state index contributed by atoms with van der Waals surface area (Å²) in [5, 5.41) is 8.87. The maximum Gasteiger partial charge on any atom is 0.123 e. The molecule has 1 aliphatic heterocycles. The van der Waals surface area contributed by atoms with Crippen LogP contribution in [0, 0.1) is 5.92 Å². The molecule has 2 N–H and O–H groups in total. The van der Waals surface area contributed by atoms with Gasteiger partial charge in [0, 0.05) is 27.4 Å². The number of benzene rings is 1. The predicted molar refractivity (Wildman–Crippen MR) is 75.7 cm³/mol. The molecule has 0 saturated heterocycles. The zero-order valence-electron chi connectivity index (χ0n) is 9.45. The molecular formula is C12H13BrClN3. The molecule has 2 rings (SSSR count). The minimum Gasteiger partial charge on any atom is -0.386 e. The Morgan fingerprint density at radius 3 is 2.94 bits per heavy atom. The smallest absolute Gasteiger partial charge is 0.123 e. The summed E-state index contributed by atoms with van der Waals surface area (Å²) in [5.41, 5.74) is 7.57. The first kappa shape index (κ1) is 12.6. The van der Waals surface area contributed by atoms with Crippen LogP contribution >= 0.6 is 27.5 Å². The molecule has 0 bridgehead atoms. The molecule has 3 nitrogen and oxygen atoms in total. The van der Waals surface area contributed by atoms with E-state index in [0.29, 0.717) is 16.8 Å². The predicted octanol–water partition coefficient (Wildman–Crippen LogP) is 3.59. The number of halogens is 2. The second-order valence-electron chi connectivity index (χ2n) is 4.01. The summed E-state index contributed by atoms with van der Waals surface area (Å²) in [6, 6.07) is 5.74. The molecule has 1 aliphatic rings. The molecule has 90 valence electrons. The molecule has 0 aromatic heterocycles. The van der Waals surface area contributed by atoms with E-state index in [4.69, 9.17) is 17.3 Å². The minimum absolute atomic E-state index is 0.291. The van der Waals surface area contributed by atoms with Crippen LogP contribution in [-0.4, -0.2) is 11.5 Å². The number of nitrogens with two attached hydrogens (primary N) is 1. The number of nitrogens with zero attached hydrogens (tertiary/aromatic N) is 2. The fourth-order valence-electron chi connectivity index (χ4n) is 1.89. The van der Waals surface area contributed by atoms with Gasteiger partial charge in [0.1, 0.15) is 5.84 Å². The first-order valence-electron chi connectivity index (χ1n) is 5.47. The van der Waals surface area contributed by atoms with Crippen molar-refractivity contribution >= 4 is 39.1 Å². The Kier molecular flexibility index (Phi) is 3.84. The van der Waals surface area contributed by atoms with Gasteiger partial charge in [-0.2, -0.15) is 5.10 Å². The summed E-state index contributed by atoms with van der Waals surface area (Å²) in [4.78, 5) is 0. The van der Waals surface area contributed by atoms with E-state index in [1.165, 1.54) is 0 Å². The lowest BCUT2D eigenvalue weighted by molar-refractivity contribution is 0.677. The molecule has 1 atom stereocenters. The Labute approximate surface area is 114 Å². The fraction of sp³-hybridized carbons (Fsp3) is 0.333. The number of amidine groups is 1. The minimum atomic E-state index is 0.291. The van der Waals surface area contributed by atoms with Gasteiger partial charge in [-0.3, -0.25) is 0 Å². The number of hydrogen-bond acceptors (Lipinski definition) is 3. The van der Waals surface area contributed by atoms with Crippen molar-refractivity contribution in [3.63, 3.8) is 0 Å². The summed E-state index contributed by atoms with van der Waals surface area (Å²) in [5.74, 6) is 0.881. The van der Waals surface area contributed by atoms with Crippen LogP contribution in [0.2, 0.25) is 5.02 Å². The van der Waals surface area contributed by atoms with Crippen LogP contribution in [0.25, 0.3) is 0 Å². The largest absolute Gasteiger partial charge is 0.386 e. The van der Waals surface area contributed by atoms with Crippen molar-refractivity contribution in [2.24, 2.45) is 21.9 Å². The Balaban J connectivity index is 2.47. The molecule has 1 aromatic carbocycles. The van der Waals surface area contributed by atoms with Crippen molar-refractivity contribution in [2.45, 2.75) is 19.8 Å². The Morgan fingerprint density at radius 1 is 1.47 bits per heavy atom. The van der Waals surface area contributed by atoms with Gasteiger partial charge in [-0.1, -0.05) is 34.5 Å². The lowest BCUT2D eigenvalue weighted by Crippen LogP contribution is -2.27. The zero-order valence-corrected chi connectivity index (χ0v) is 11.8. The highest BCUT2D eigenvalue weighted by Gasteiger charge is 2.23. The van der Waals surface area contributed by atoms with Crippen molar-refractivity contribution in [3.8, 4) is 0 Å². The molecule has 1 aromatic rings. The molecule has 1 unspecified atom stereocenters. The van der Waals surface area contributed by atoms with Crippen molar-refractivity contribution < 1.29 is 0 Å². The third kappa shape index (κ3) is 2.69. The molecule has 0 radical (unpaired) electrons. The highest BCUT2D eigenvalue weighted by Crippen LogP contribution is 2.28. The number of rotatable bonds is 2. The van der Waals surface area contributed by atoms with Gasteiger partial charge >= 0.3 is 0 Å². The SMILES string of the molecule is CCC1CC(N)=NN=C1c1cc(Br)ccc1Cl. The quantitative estimate of drug-likeness (QED) is 0.891. The van der Waals surface area contributed by atoms with Gasteiger partial charge in [0.15, 0.2) is 0 Å². The second-order valence-corrected chi connectivity index (χ2v) is 5.33. The van der Waals surface area contributed by atoms with Gasteiger partial charge in [-0.05, 0) is 24.6 Å². The van der Waals surface area contributed by atoms with Crippen molar-refractivity contribution in [2.75, 3.05) is 0 Å². The molecule has 0 aliphatic carbocycles. The molecule has 0 fully saturated rings. The molecule has 0 saturated carbocycles. The maximum absolute atomic E-state index is 6.21. The second kappa shape index (κ2) is 5.19. The molecule has 17 heavy (non-hydrogen) atoms. The van der Waals surface area contributed by atoms with Crippen LogP contribution in [0.5, 0.6) is 0 Å². The van der Waals surface area contributed by atoms with E-state index in [1.54, 1.807) is 0 Å².